The SMILES string of the molecule is CC(=O)OCC1OC(Nc2[nH]c(=O)nc3occc23)C(OC(C)=O)C(OC(C)=O)C1OC(C)=O. The smallest absolute Gasteiger partial charge is 0.349 e. The predicted molar refractivity (Wildman–Crippen MR) is 110 cm³/mol. The summed E-state index contributed by atoms with van der Waals surface area (Å²) in [5.74, 6) is -2.80. The molecule has 0 saturated carbocycles. The van der Waals surface area contributed by atoms with E-state index in [1.807, 2.05) is 0 Å². The monoisotopic (exact) mass is 481 g/mol. The van der Waals surface area contributed by atoms with E-state index in [2.05, 4.69) is 15.3 Å². The summed E-state index contributed by atoms with van der Waals surface area (Å²) in [6, 6.07) is 1.52. The molecule has 0 aromatic carbocycles. The molecule has 3 heterocycles. The van der Waals surface area contributed by atoms with Gasteiger partial charge in [-0.3, -0.25) is 24.2 Å². The van der Waals surface area contributed by atoms with Crippen LogP contribution in [0.1, 0.15) is 27.7 Å². The Labute approximate surface area is 191 Å². The van der Waals surface area contributed by atoms with Crippen molar-refractivity contribution >= 4 is 40.8 Å². The highest BCUT2D eigenvalue weighted by molar-refractivity contribution is 5.85. The first-order valence-electron chi connectivity index (χ1n) is 10.1. The van der Waals surface area contributed by atoms with E-state index in [9.17, 15) is 24.0 Å². The van der Waals surface area contributed by atoms with Crippen molar-refractivity contribution in [2.75, 3.05) is 11.9 Å². The Bertz CT molecular complexity index is 1140. The zero-order chi connectivity index (χ0) is 25.0. The number of ether oxygens (including phenoxy) is 5. The Morgan fingerprint density at radius 3 is 2.21 bits per heavy atom. The number of carbonyl (C=O) groups excluding carboxylic acids is 4. The molecule has 3 rings (SSSR count). The maximum atomic E-state index is 12.0. The van der Waals surface area contributed by atoms with Gasteiger partial charge in [0.05, 0.1) is 11.6 Å². The Morgan fingerprint density at radius 2 is 1.59 bits per heavy atom. The first-order chi connectivity index (χ1) is 16.0. The Hall–Kier alpha value is -3.94. The molecule has 184 valence electrons. The quantitative estimate of drug-likeness (QED) is 0.398. The molecule has 2 aromatic rings. The molecule has 0 aliphatic carbocycles. The van der Waals surface area contributed by atoms with Crippen LogP contribution >= 0.6 is 0 Å². The number of H-pyrrole nitrogens is 1. The normalized spacial score (nSPS) is 24.2. The van der Waals surface area contributed by atoms with Crippen molar-refractivity contribution in [3.8, 4) is 0 Å². The van der Waals surface area contributed by atoms with Crippen LogP contribution in [-0.4, -0.2) is 71.1 Å². The molecule has 14 nitrogen and oxygen atoms in total. The number of aromatic nitrogens is 2. The molecular weight excluding hydrogens is 458 g/mol. The van der Waals surface area contributed by atoms with Crippen LogP contribution in [0.4, 0.5) is 5.82 Å². The minimum atomic E-state index is -1.36. The van der Waals surface area contributed by atoms with Crippen molar-refractivity contribution < 1.29 is 47.3 Å². The van der Waals surface area contributed by atoms with Gasteiger partial charge in [-0.05, 0) is 6.07 Å². The minimum Gasteiger partial charge on any atom is -0.463 e. The third kappa shape index (κ3) is 5.89. The van der Waals surface area contributed by atoms with E-state index in [0.717, 1.165) is 20.8 Å². The summed E-state index contributed by atoms with van der Waals surface area (Å²) in [7, 11) is 0. The molecule has 0 amide bonds. The second kappa shape index (κ2) is 10.3. The topological polar surface area (TPSA) is 185 Å². The van der Waals surface area contributed by atoms with Gasteiger partial charge in [0, 0.05) is 27.7 Å². The van der Waals surface area contributed by atoms with E-state index in [4.69, 9.17) is 28.1 Å². The number of hydrogen-bond donors (Lipinski definition) is 2. The van der Waals surface area contributed by atoms with Crippen LogP contribution in [0.3, 0.4) is 0 Å². The Kier molecular flexibility index (Phi) is 7.50. The summed E-state index contributed by atoms with van der Waals surface area (Å²) >= 11 is 0. The van der Waals surface area contributed by atoms with Gasteiger partial charge in [-0.25, -0.2) is 4.79 Å². The maximum Gasteiger partial charge on any atom is 0.349 e. The van der Waals surface area contributed by atoms with E-state index >= 15 is 0 Å². The van der Waals surface area contributed by atoms with Crippen LogP contribution < -0.4 is 11.0 Å². The highest BCUT2D eigenvalue weighted by Crippen LogP contribution is 2.31. The second-order valence-electron chi connectivity index (χ2n) is 7.32. The fourth-order valence-corrected chi connectivity index (χ4v) is 3.47. The molecule has 1 fully saturated rings. The predicted octanol–water partition coefficient (Wildman–Crippen LogP) is 0.0111. The van der Waals surface area contributed by atoms with Gasteiger partial charge in [0.2, 0.25) is 5.71 Å². The zero-order valence-corrected chi connectivity index (χ0v) is 18.7. The number of fused-ring (bicyclic) bond motifs is 1. The van der Waals surface area contributed by atoms with E-state index in [-0.39, 0.29) is 18.1 Å². The van der Waals surface area contributed by atoms with Gasteiger partial charge in [0.1, 0.15) is 18.5 Å². The average molecular weight is 481 g/mol. The van der Waals surface area contributed by atoms with E-state index in [1.54, 1.807) is 0 Å². The van der Waals surface area contributed by atoms with Crippen molar-refractivity contribution in [2.45, 2.75) is 58.3 Å². The number of furan rings is 1. The maximum absolute atomic E-state index is 12.0. The lowest BCUT2D eigenvalue weighted by Gasteiger charge is -2.44. The summed E-state index contributed by atoms with van der Waals surface area (Å²) < 4.78 is 32.2. The van der Waals surface area contributed by atoms with Crippen molar-refractivity contribution in [1.82, 2.24) is 9.97 Å². The number of nitrogens with one attached hydrogen (secondary N) is 2. The van der Waals surface area contributed by atoms with Crippen LogP contribution in [0.2, 0.25) is 0 Å². The summed E-state index contributed by atoms with van der Waals surface area (Å²) in [6.07, 6.45) is -5.10. The zero-order valence-electron chi connectivity index (χ0n) is 18.7. The largest absolute Gasteiger partial charge is 0.463 e. The van der Waals surface area contributed by atoms with Gasteiger partial charge >= 0.3 is 29.6 Å². The molecule has 1 saturated heterocycles. The van der Waals surface area contributed by atoms with Gasteiger partial charge in [-0.1, -0.05) is 0 Å². The van der Waals surface area contributed by atoms with Gasteiger partial charge in [-0.15, -0.1) is 0 Å². The van der Waals surface area contributed by atoms with Crippen LogP contribution in [-0.2, 0) is 42.9 Å². The number of esters is 4. The molecule has 5 unspecified atom stereocenters. The molecule has 0 radical (unpaired) electrons. The molecular formula is C20H23N3O11. The molecule has 2 N–H and O–H groups in total. The van der Waals surface area contributed by atoms with Crippen LogP contribution in [0.25, 0.3) is 11.1 Å². The highest BCUT2D eigenvalue weighted by Gasteiger charge is 2.52. The van der Waals surface area contributed by atoms with Crippen molar-refractivity contribution in [1.29, 1.82) is 0 Å². The number of carbonyl (C=O) groups is 4. The molecule has 2 aromatic heterocycles. The molecule has 1 aliphatic heterocycles. The molecule has 14 heteroatoms. The fraction of sp³-hybridized carbons (Fsp3) is 0.500. The van der Waals surface area contributed by atoms with E-state index in [0.29, 0.717) is 5.39 Å². The third-order valence-electron chi connectivity index (χ3n) is 4.63. The van der Waals surface area contributed by atoms with E-state index in [1.165, 1.54) is 19.3 Å². The van der Waals surface area contributed by atoms with Gasteiger partial charge in [0.15, 0.2) is 24.5 Å². The number of nitrogens with zero attached hydrogens (tertiary/aromatic N) is 1. The molecule has 0 spiro atoms. The van der Waals surface area contributed by atoms with Gasteiger partial charge < -0.3 is 33.4 Å². The summed E-state index contributed by atoms with van der Waals surface area (Å²) in [6.45, 7) is 4.14. The lowest BCUT2D eigenvalue weighted by atomic mass is 9.97. The number of rotatable bonds is 7. The van der Waals surface area contributed by atoms with Gasteiger partial charge in [0.25, 0.3) is 0 Å². The highest BCUT2D eigenvalue weighted by atomic mass is 16.7. The molecule has 34 heavy (non-hydrogen) atoms. The van der Waals surface area contributed by atoms with Crippen LogP contribution in [0.15, 0.2) is 21.5 Å². The fourth-order valence-electron chi connectivity index (χ4n) is 3.47. The lowest BCUT2D eigenvalue weighted by Crippen LogP contribution is -2.64. The summed E-state index contributed by atoms with van der Waals surface area (Å²) in [5, 5.41) is 3.24. The first kappa shape index (κ1) is 24.7. The first-order valence-corrected chi connectivity index (χ1v) is 10.1. The Balaban J connectivity index is 2.05. The van der Waals surface area contributed by atoms with Gasteiger partial charge in [-0.2, -0.15) is 4.98 Å². The standard InChI is InChI=1S/C20H23N3O11/c1-8(24)30-7-13-14(31-9(2)25)15(32-10(3)26)16(33-11(4)27)19(34-13)21-17-12-5-6-29-18(12)23-20(28)22-17/h5-6,13-16,19H,7H2,1-4H3,(H2,21,22,23,28). The van der Waals surface area contributed by atoms with Crippen LogP contribution in [0.5, 0.6) is 0 Å². The number of aromatic amines is 1. The molecule has 1 aliphatic rings. The second-order valence-corrected chi connectivity index (χ2v) is 7.32. The average Bonchev–Trinajstić information content (AvgIpc) is 3.18. The van der Waals surface area contributed by atoms with Crippen molar-refractivity contribution in [3.05, 3.63) is 22.8 Å². The van der Waals surface area contributed by atoms with Crippen LogP contribution in [0, 0.1) is 0 Å². The minimum absolute atomic E-state index is 0.0249. The number of hydrogen-bond acceptors (Lipinski definition) is 13. The Morgan fingerprint density at radius 1 is 0.971 bits per heavy atom. The number of anilines is 1. The van der Waals surface area contributed by atoms with Crippen molar-refractivity contribution in [3.63, 3.8) is 0 Å². The lowest BCUT2D eigenvalue weighted by molar-refractivity contribution is -0.247. The summed E-state index contributed by atoms with van der Waals surface area (Å²) in [4.78, 5) is 65.1. The van der Waals surface area contributed by atoms with E-state index < -0.39 is 60.2 Å². The van der Waals surface area contributed by atoms with Crippen molar-refractivity contribution in [2.24, 2.45) is 0 Å². The third-order valence-corrected chi connectivity index (χ3v) is 4.63. The summed E-state index contributed by atoms with van der Waals surface area (Å²) in [5.41, 5.74) is -0.715. The molecule has 0 bridgehead atoms. The molecule has 5 atom stereocenters.